The van der Waals surface area contributed by atoms with Crippen LogP contribution >= 0.6 is 11.3 Å². The van der Waals surface area contributed by atoms with Crippen molar-refractivity contribution in [1.29, 1.82) is 0 Å². The second-order valence-electron chi connectivity index (χ2n) is 4.78. The molecule has 1 atom stereocenters. The molecule has 2 heterocycles. The fraction of sp³-hybridized carbons (Fsp3) is 0.267. The van der Waals surface area contributed by atoms with E-state index in [0.29, 0.717) is 10.4 Å². The van der Waals surface area contributed by atoms with Crippen molar-refractivity contribution in [3.05, 3.63) is 57.3 Å². The van der Waals surface area contributed by atoms with Crippen molar-refractivity contribution in [3.63, 3.8) is 0 Å². The molecule has 0 saturated heterocycles. The van der Waals surface area contributed by atoms with Crippen LogP contribution in [0.4, 0.5) is 8.78 Å². The predicted molar refractivity (Wildman–Crippen MR) is 72.5 cm³/mol. The summed E-state index contributed by atoms with van der Waals surface area (Å²) in [6.07, 6.45) is -0.532. The van der Waals surface area contributed by atoms with E-state index in [9.17, 15) is 13.6 Å². The number of thiophene rings is 1. The van der Waals surface area contributed by atoms with Gasteiger partial charge in [-0.15, -0.1) is 11.3 Å². The number of benzene rings is 1. The van der Waals surface area contributed by atoms with Crippen molar-refractivity contribution in [2.45, 2.75) is 19.0 Å². The van der Waals surface area contributed by atoms with Gasteiger partial charge >= 0.3 is 0 Å². The van der Waals surface area contributed by atoms with Crippen LogP contribution in [0.1, 0.15) is 39.4 Å². The van der Waals surface area contributed by atoms with E-state index in [4.69, 9.17) is 4.74 Å². The topological polar surface area (TPSA) is 26.3 Å². The van der Waals surface area contributed by atoms with E-state index >= 15 is 0 Å². The van der Waals surface area contributed by atoms with E-state index in [1.54, 1.807) is 29.6 Å². The lowest BCUT2D eigenvalue weighted by Gasteiger charge is -2.31. The summed E-state index contributed by atoms with van der Waals surface area (Å²) in [6, 6.07) is 8.12. The van der Waals surface area contributed by atoms with Crippen LogP contribution in [0.2, 0.25) is 0 Å². The van der Waals surface area contributed by atoms with E-state index in [1.165, 1.54) is 24.3 Å². The summed E-state index contributed by atoms with van der Waals surface area (Å²) in [5, 5.41) is 1.79. The average molecular weight is 294 g/mol. The van der Waals surface area contributed by atoms with Gasteiger partial charge in [-0.2, -0.15) is 8.78 Å². The van der Waals surface area contributed by atoms with Gasteiger partial charge in [-0.05, 0) is 29.5 Å². The molecule has 2 nitrogen and oxygen atoms in total. The number of halogens is 2. The van der Waals surface area contributed by atoms with Crippen molar-refractivity contribution in [2.75, 3.05) is 6.61 Å². The number of ketones is 1. The second-order valence-corrected chi connectivity index (χ2v) is 5.69. The van der Waals surface area contributed by atoms with Gasteiger partial charge in [0.2, 0.25) is 0 Å². The molecule has 1 aliphatic heterocycles. The van der Waals surface area contributed by atoms with Gasteiger partial charge in [-0.3, -0.25) is 4.79 Å². The zero-order valence-electron chi connectivity index (χ0n) is 10.7. The van der Waals surface area contributed by atoms with E-state index in [1.807, 2.05) is 0 Å². The van der Waals surface area contributed by atoms with Crippen LogP contribution in [0.25, 0.3) is 0 Å². The molecule has 0 N–H and O–H groups in total. The summed E-state index contributed by atoms with van der Waals surface area (Å²) in [7, 11) is 0. The molecule has 104 valence electrons. The van der Waals surface area contributed by atoms with Crippen molar-refractivity contribution < 1.29 is 18.3 Å². The number of fused-ring (bicyclic) bond motifs is 1. The van der Waals surface area contributed by atoms with E-state index in [-0.39, 0.29) is 11.3 Å². The molecule has 5 heteroatoms. The number of alkyl halides is 2. The SMILES string of the molecule is CC(=O)c1cc(C2OCC(F)(F)c3ccccc32)cs1. The smallest absolute Gasteiger partial charge is 0.296 e. The quantitative estimate of drug-likeness (QED) is 0.777. The molecule has 0 spiro atoms. The highest BCUT2D eigenvalue weighted by molar-refractivity contribution is 7.12. The minimum absolute atomic E-state index is 0.00632. The van der Waals surface area contributed by atoms with Gasteiger partial charge in [0, 0.05) is 5.56 Å². The second kappa shape index (κ2) is 4.75. The highest BCUT2D eigenvalue weighted by Gasteiger charge is 2.41. The number of Topliss-reactive ketones (excluding diaryl/α,β-unsaturated/α-hetero) is 1. The van der Waals surface area contributed by atoms with Crippen LogP contribution in [0, 0.1) is 0 Å². The lowest BCUT2D eigenvalue weighted by atomic mass is 9.92. The molecule has 0 amide bonds. The third-order valence-electron chi connectivity index (χ3n) is 3.34. The average Bonchev–Trinajstić information content (AvgIpc) is 2.89. The Hall–Kier alpha value is -1.59. The minimum atomic E-state index is -2.97. The predicted octanol–water partition coefficient (Wildman–Crippen LogP) is 4.16. The number of carbonyl (C=O) groups is 1. The van der Waals surface area contributed by atoms with E-state index in [0.717, 1.165) is 5.56 Å². The highest BCUT2D eigenvalue weighted by atomic mass is 32.1. The Bertz CT molecular complexity index is 663. The molecule has 20 heavy (non-hydrogen) atoms. The monoisotopic (exact) mass is 294 g/mol. The first kappa shape index (κ1) is 13.4. The first-order valence-corrected chi connectivity index (χ1v) is 7.05. The Morgan fingerprint density at radius 2 is 2.15 bits per heavy atom. The maximum absolute atomic E-state index is 13.8. The van der Waals surface area contributed by atoms with Gasteiger partial charge in [-0.25, -0.2) is 0 Å². The van der Waals surface area contributed by atoms with Gasteiger partial charge in [-0.1, -0.05) is 24.3 Å². The van der Waals surface area contributed by atoms with Gasteiger partial charge in [0.1, 0.15) is 12.7 Å². The van der Waals surface area contributed by atoms with Gasteiger partial charge < -0.3 is 4.74 Å². The number of rotatable bonds is 2. The molecule has 0 saturated carbocycles. The summed E-state index contributed by atoms with van der Waals surface area (Å²) >= 11 is 1.31. The molecule has 0 radical (unpaired) electrons. The number of hydrogen-bond donors (Lipinski definition) is 0. The van der Waals surface area contributed by atoms with Crippen LogP contribution in [-0.4, -0.2) is 12.4 Å². The van der Waals surface area contributed by atoms with Crippen LogP contribution in [0.5, 0.6) is 0 Å². The Morgan fingerprint density at radius 3 is 2.85 bits per heavy atom. The molecular weight excluding hydrogens is 282 g/mol. The minimum Gasteiger partial charge on any atom is -0.362 e. The summed E-state index contributed by atoms with van der Waals surface area (Å²) in [6.45, 7) is 0.847. The van der Waals surface area contributed by atoms with Gasteiger partial charge in [0.15, 0.2) is 5.78 Å². The van der Waals surface area contributed by atoms with E-state index < -0.39 is 18.6 Å². The molecule has 2 aromatic rings. The Morgan fingerprint density at radius 1 is 1.40 bits per heavy atom. The van der Waals surface area contributed by atoms with Crippen LogP contribution < -0.4 is 0 Å². The lowest BCUT2D eigenvalue weighted by Crippen LogP contribution is -2.30. The maximum Gasteiger partial charge on any atom is 0.296 e. The zero-order chi connectivity index (χ0) is 14.3. The third kappa shape index (κ3) is 2.17. The standard InChI is InChI=1S/C15H12F2O2S/c1-9(18)13-6-10(7-20-13)14-11-4-2-3-5-12(11)15(16,17)8-19-14/h2-7,14H,8H2,1H3. The van der Waals surface area contributed by atoms with Crippen LogP contribution in [-0.2, 0) is 10.7 Å². The zero-order valence-corrected chi connectivity index (χ0v) is 11.5. The Kier molecular flexibility index (Phi) is 3.18. The van der Waals surface area contributed by atoms with Crippen molar-refractivity contribution in [3.8, 4) is 0 Å². The molecule has 1 aromatic carbocycles. The summed E-state index contributed by atoms with van der Waals surface area (Å²) in [5.74, 6) is -3.00. The lowest BCUT2D eigenvalue weighted by molar-refractivity contribution is -0.115. The number of carbonyl (C=O) groups excluding carboxylic acids is 1. The number of hydrogen-bond acceptors (Lipinski definition) is 3. The van der Waals surface area contributed by atoms with E-state index in [2.05, 4.69) is 0 Å². The van der Waals surface area contributed by atoms with Crippen LogP contribution in [0.15, 0.2) is 35.7 Å². The molecule has 0 fully saturated rings. The third-order valence-corrected chi connectivity index (χ3v) is 4.39. The van der Waals surface area contributed by atoms with Crippen LogP contribution in [0.3, 0.4) is 0 Å². The number of ether oxygens (including phenoxy) is 1. The van der Waals surface area contributed by atoms with Gasteiger partial charge in [0.05, 0.1) is 4.88 Å². The molecule has 1 unspecified atom stereocenters. The first-order chi connectivity index (χ1) is 9.49. The highest BCUT2D eigenvalue weighted by Crippen LogP contribution is 2.43. The molecule has 0 bridgehead atoms. The summed E-state index contributed by atoms with van der Waals surface area (Å²) in [5.41, 5.74) is 1.23. The summed E-state index contributed by atoms with van der Waals surface area (Å²) < 4.78 is 33.0. The fourth-order valence-corrected chi connectivity index (χ4v) is 3.19. The van der Waals surface area contributed by atoms with Crippen molar-refractivity contribution >= 4 is 17.1 Å². The molecule has 3 rings (SSSR count). The Balaban J connectivity index is 2.05. The Labute approximate surface area is 119 Å². The van der Waals surface area contributed by atoms with Crippen molar-refractivity contribution in [1.82, 2.24) is 0 Å². The molecular formula is C15H12F2O2S. The van der Waals surface area contributed by atoms with Gasteiger partial charge in [0.25, 0.3) is 5.92 Å². The fourth-order valence-electron chi connectivity index (χ4n) is 2.36. The normalized spacial score (nSPS) is 20.4. The maximum atomic E-state index is 13.8. The molecule has 1 aromatic heterocycles. The largest absolute Gasteiger partial charge is 0.362 e. The summed E-state index contributed by atoms with van der Waals surface area (Å²) in [4.78, 5) is 11.9. The first-order valence-electron chi connectivity index (χ1n) is 6.17. The molecule has 0 aliphatic carbocycles. The molecule has 1 aliphatic rings. The van der Waals surface area contributed by atoms with Crippen molar-refractivity contribution in [2.24, 2.45) is 0 Å².